The summed E-state index contributed by atoms with van der Waals surface area (Å²) < 4.78 is 23.0. The van der Waals surface area contributed by atoms with E-state index < -0.39 is 15.7 Å². The van der Waals surface area contributed by atoms with Crippen LogP contribution < -0.4 is 11.1 Å². The molecule has 6 nitrogen and oxygen atoms in total. The predicted octanol–water partition coefficient (Wildman–Crippen LogP) is -1.82. The minimum Gasteiger partial charge on any atom is -0.370 e. The number of nitrogens with two attached hydrogens (primary N) is 1. The number of amides is 1. The molecule has 0 unspecified atom stereocenters. The molecule has 94 valence electrons. The van der Waals surface area contributed by atoms with Gasteiger partial charge in [0.05, 0.1) is 11.5 Å². The third-order valence-electron chi connectivity index (χ3n) is 2.80. The predicted molar refractivity (Wildman–Crippen MR) is 61.8 cm³/mol. The lowest BCUT2D eigenvalue weighted by Crippen LogP contribution is -2.56. The average Bonchev–Trinajstić information content (AvgIpc) is 2.09. The molecule has 1 fully saturated rings. The molecule has 0 bridgehead atoms. The second kappa shape index (κ2) is 5.60. The molecule has 0 radical (unpaired) electrons. The fraction of sp³-hybridized carbons (Fsp3) is 0.889. The van der Waals surface area contributed by atoms with E-state index in [4.69, 9.17) is 5.73 Å². The van der Waals surface area contributed by atoms with Crippen LogP contribution in [0.5, 0.6) is 0 Å². The monoisotopic (exact) mass is 249 g/mol. The van der Waals surface area contributed by atoms with Crippen molar-refractivity contribution in [3.05, 3.63) is 0 Å². The van der Waals surface area contributed by atoms with Crippen LogP contribution >= 0.6 is 0 Å². The normalized spacial score (nSPS) is 17.4. The van der Waals surface area contributed by atoms with E-state index in [1.54, 1.807) is 0 Å². The van der Waals surface area contributed by atoms with Gasteiger partial charge in [-0.25, -0.2) is 8.42 Å². The van der Waals surface area contributed by atoms with Gasteiger partial charge in [0, 0.05) is 32.1 Å². The zero-order chi connectivity index (χ0) is 12.2. The van der Waals surface area contributed by atoms with Gasteiger partial charge in [-0.15, -0.1) is 0 Å². The first-order chi connectivity index (χ1) is 7.41. The molecule has 0 spiro atoms. The Kier molecular flexibility index (Phi) is 4.69. The van der Waals surface area contributed by atoms with Crippen LogP contribution in [-0.2, 0) is 14.6 Å². The van der Waals surface area contributed by atoms with Gasteiger partial charge in [-0.1, -0.05) is 0 Å². The maximum absolute atomic E-state index is 11.5. The van der Waals surface area contributed by atoms with Crippen LogP contribution in [0.15, 0.2) is 0 Å². The van der Waals surface area contributed by atoms with Gasteiger partial charge < -0.3 is 11.1 Å². The average molecular weight is 249 g/mol. The minimum absolute atomic E-state index is 0.0863. The van der Waals surface area contributed by atoms with Gasteiger partial charge in [0.25, 0.3) is 0 Å². The van der Waals surface area contributed by atoms with Crippen LogP contribution in [0.25, 0.3) is 0 Å². The van der Waals surface area contributed by atoms with E-state index >= 15 is 0 Å². The van der Waals surface area contributed by atoms with E-state index in [0.717, 1.165) is 13.1 Å². The van der Waals surface area contributed by atoms with Gasteiger partial charge in [-0.2, -0.15) is 0 Å². The Morgan fingerprint density at radius 1 is 1.44 bits per heavy atom. The Labute approximate surface area is 96.1 Å². The van der Waals surface area contributed by atoms with Crippen molar-refractivity contribution in [2.45, 2.75) is 12.5 Å². The van der Waals surface area contributed by atoms with Gasteiger partial charge >= 0.3 is 0 Å². The molecule has 1 saturated heterocycles. The van der Waals surface area contributed by atoms with Crippen molar-refractivity contribution in [2.75, 3.05) is 38.2 Å². The summed E-state index contributed by atoms with van der Waals surface area (Å²) in [6.45, 7) is 2.34. The van der Waals surface area contributed by atoms with Gasteiger partial charge in [0.2, 0.25) is 5.91 Å². The highest BCUT2D eigenvalue weighted by Crippen LogP contribution is 2.03. The molecule has 0 aromatic heterocycles. The highest BCUT2D eigenvalue weighted by molar-refractivity contribution is 7.91. The SMILES string of the molecule is CN(CCS(=O)(=O)CCC(N)=O)C1CNC1. The Morgan fingerprint density at radius 2 is 2.06 bits per heavy atom. The number of rotatable bonds is 7. The molecule has 7 heteroatoms. The van der Waals surface area contributed by atoms with Gasteiger partial charge in [0.1, 0.15) is 0 Å². The Balaban J connectivity index is 2.26. The standard InChI is InChI=1S/C9H19N3O3S/c1-12(8-6-11-7-8)3-5-16(14,15)4-2-9(10)13/h8,11H,2-7H2,1H3,(H2,10,13). The van der Waals surface area contributed by atoms with Crippen LogP contribution in [0, 0.1) is 0 Å². The Bertz CT molecular complexity index is 338. The first kappa shape index (κ1) is 13.4. The molecule has 1 aliphatic rings. The number of sulfone groups is 1. The number of hydrogen-bond donors (Lipinski definition) is 2. The third kappa shape index (κ3) is 4.46. The van der Waals surface area contributed by atoms with Crippen molar-refractivity contribution in [3.63, 3.8) is 0 Å². The Hall–Kier alpha value is -0.660. The first-order valence-corrected chi connectivity index (χ1v) is 7.12. The summed E-state index contributed by atoms with van der Waals surface area (Å²) in [5.41, 5.74) is 4.91. The highest BCUT2D eigenvalue weighted by Gasteiger charge is 2.22. The largest absolute Gasteiger partial charge is 0.370 e. The molecule has 0 atom stereocenters. The van der Waals surface area contributed by atoms with E-state index in [0.29, 0.717) is 12.6 Å². The maximum atomic E-state index is 11.5. The topological polar surface area (TPSA) is 92.5 Å². The molecule has 1 amide bonds. The fourth-order valence-corrected chi connectivity index (χ4v) is 2.69. The number of carbonyl (C=O) groups excluding carboxylic acids is 1. The van der Waals surface area contributed by atoms with E-state index in [1.165, 1.54) is 0 Å². The van der Waals surface area contributed by atoms with Crippen molar-refractivity contribution >= 4 is 15.7 Å². The number of nitrogens with zero attached hydrogens (tertiary/aromatic N) is 1. The number of primary amides is 1. The molecule has 3 N–H and O–H groups in total. The molecule has 1 rings (SSSR count). The third-order valence-corrected chi connectivity index (χ3v) is 4.43. The van der Waals surface area contributed by atoms with Crippen molar-refractivity contribution in [3.8, 4) is 0 Å². The van der Waals surface area contributed by atoms with E-state index in [2.05, 4.69) is 5.32 Å². The lowest BCUT2D eigenvalue weighted by atomic mass is 10.1. The van der Waals surface area contributed by atoms with Crippen LogP contribution in [0.1, 0.15) is 6.42 Å². The molecule has 1 aliphatic heterocycles. The first-order valence-electron chi connectivity index (χ1n) is 5.30. The molecule has 0 aromatic carbocycles. The second-order valence-electron chi connectivity index (χ2n) is 4.16. The summed E-state index contributed by atoms with van der Waals surface area (Å²) in [4.78, 5) is 12.5. The number of nitrogens with one attached hydrogen (secondary N) is 1. The smallest absolute Gasteiger partial charge is 0.218 e. The zero-order valence-electron chi connectivity index (χ0n) is 9.48. The molecule has 0 aromatic rings. The molecule has 1 heterocycles. The molecular formula is C9H19N3O3S. The number of hydrogen-bond acceptors (Lipinski definition) is 5. The maximum Gasteiger partial charge on any atom is 0.218 e. The summed E-state index contributed by atoms with van der Waals surface area (Å²) in [5.74, 6) is -0.619. The van der Waals surface area contributed by atoms with Crippen LogP contribution in [0.4, 0.5) is 0 Å². The van der Waals surface area contributed by atoms with Crippen LogP contribution in [0.3, 0.4) is 0 Å². The fourth-order valence-electron chi connectivity index (χ4n) is 1.41. The lowest BCUT2D eigenvalue weighted by molar-refractivity contribution is -0.117. The van der Waals surface area contributed by atoms with Crippen molar-refractivity contribution < 1.29 is 13.2 Å². The molecule has 16 heavy (non-hydrogen) atoms. The summed E-state index contributed by atoms with van der Waals surface area (Å²) in [5, 5.41) is 3.13. The van der Waals surface area contributed by atoms with Crippen molar-refractivity contribution in [1.82, 2.24) is 10.2 Å². The molecule has 0 saturated carbocycles. The van der Waals surface area contributed by atoms with E-state index in [1.807, 2.05) is 11.9 Å². The number of likely N-dealkylation sites (N-methyl/N-ethyl adjacent to an activating group) is 1. The van der Waals surface area contributed by atoms with Gasteiger partial charge in [-0.3, -0.25) is 9.69 Å². The zero-order valence-corrected chi connectivity index (χ0v) is 10.3. The second-order valence-corrected chi connectivity index (χ2v) is 6.46. The summed E-state index contributed by atoms with van der Waals surface area (Å²) in [7, 11) is -1.24. The van der Waals surface area contributed by atoms with E-state index in [9.17, 15) is 13.2 Å². The summed E-state index contributed by atoms with van der Waals surface area (Å²) >= 11 is 0. The summed E-state index contributed by atoms with van der Waals surface area (Å²) in [6, 6.07) is 0.436. The van der Waals surface area contributed by atoms with Crippen molar-refractivity contribution in [2.24, 2.45) is 5.73 Å². The quantitative estimate of drug-likeness (QED) is 0.554. The Morgan fingerprint density at radius 3 is 2.50 bits per heavy atom. The molecular weight excluding hydrogens is 230 g/mol. The van der Waals surface area contributed by atoms with Crippen LogP contribution in [0.2, 0.25) is 0 Å². The van der Waals surface area contributed by atoms with E-state index in [-0.39, 0.29) is 17.9 Å². The highest BCUT2D eigenvalue weighted by atomic mass is 32.2. The van der Waals surface area contributed by atoms with Crippen molar-refractivity contribution in [1.29, 1.82) is 0 Å². The molecule has 0 aliphatic carbocycles. The lowest BCUT2D eigenvalue weighted by Gasteiger charge is -2.35. The number of carbonyl (C=O) groups is 1. The van der Waals surface area contributed by atoms with Crippen LogP contribution in [-0.4, -0.2) is 63.5 Å². The van der Waals surface area contributed by atoms with Gasteiger partial charge in [0.15, 0.2) is 9.84 Å². The van der Waals surface area contributed by atoms with Gasteiger partial charge in [-0.05, 0) is 7.05 Å². The minimum atomic E-state index is -3.15. The summed E-state index contributed by atoms with van der Waals surface area (Å²) in [6.07, 6.45) is -0.0863.